The highest BCUT2D eigenvalue weighted by Gasteiger charge is 2.21. The van der Waals surface area contributed by atoms with Crippen LogP contribution in [-0.4, -0.2) is 34.3 Å². The van der Waals surface area contributed by atoms with Gasteiger partial charge in [-0.25, -0.2) is 13.6 Å². The molecule has 8 nitrogen and oxygen atoms in total. The Labute approximate surface area is 186 Å². The minimum Gasteiger partial charge on any atom is -0.496 e. The van der Waals surface area contributed by atoms with Crippen LogP contribution in [-0.2, 0) is 16.6 Å². The Morgan fingerprint density at radius 1 is 0.875 bits per heavy atom. The molecule has 0 spiro atoms. The fraction of sp³-hybridized carbons (Fsp3) is 0.130. The van der Waals surface area contributed by atoms with Crippen LogP contribution in [0.1, 0.15) is 31.8 Å². The Balaban J connectivity index is 1.84. The van der Waals surface area contributed by atoms with E-state index >= 15 is 0 Å². The molecule has 0 aliphatic heterocycles. The Morgan fingerprint density at radius 2 is 1.44 bits per heavy atom. The van der Waals surface area contributed by atoms with E-state index in [2.05, 4.69) is 5.32 Å². The maximum atomic E-state index is 12.9. The molecule has 0 unspecified atom stereocenters. The molecular formula is C23H22N2O6S. The van der Waals surface area contributed by atoms with Gasteiger partial charge in [-0.1, -0.05) is 42.5 Å². The van der Waals surface area contributed by atoms with E-state index in [9.17, 15) is 18.0 Å². The number of nitrogens with one attached hydrogen (secondary N) is 1. The van der Waals surface area contributed by atoms with E-state index in [0.29, 0.717) is 11.1 Å². The zero-order chi connectivity index (χ0) is 23.3. The van der Waals surface area contributed by atoms with Crippen LogP contribution in [0.4, 0.5) is 0 Å². The van der Waals surface area contributed by atoms with Crippen molar-refractivity contribution in [2.24, 2.45) is 5.14 Å². The molecule has 0 aliphatic rings. The smallest absolute Gasteiger partial charge is 0.255 e. The summed E-state index contributed by atoms with van der Waals surface area (Å²) in [4.78, 5) is 25.7. The molecule has 0 saturated carbocycles. The number of ether oxygens (including phenoxy) is 2. The van der Waals surface area contributed by atoms with Gasteiger partial charge in [-0.15, -0.1) is 0 Å². The number of hydrogen-bond acceptors (Lipinski definition) is 6. The third kappa shape index (κ3) is 5.13. The first-order valence-electron chi connectivity index (χ1n) is 9.50. The molecule has 3 aromatic rings. The van der Waals surface area contributed by atoms with Crippen molar-refractivity contribution in [1.82, 2.24) is 5.32 Å². The molecule has 0 bridgehead atoms. The van der Waals surface area contributed by atoms with Crippen LogP contribution >= 0.6 is 0 Å². The van der Waals surface area contributed by atoms with Gasteiger partial charge < -0.3 is 14.8 Å². The number of ketones is 1. The number of nitrogens with two attached hydrogens (primary N) is 1. The Kier molecular flexibility index (Phi) is 6.92. The van der Waals surface area contributed by atoms with Crippen molar-refractivity contribution in [3.05, 3.63) is 89.0 Å². The predicted octanol–water partition coefficient (Wildman–Crippen LogP) is 2.51. The molecule has 0 atom stereocenters. The lowest BCUT2D eigenvalue weighted by atomic mass is 9.99. The predicted molar refractivity (Wildman–Crippen MR) is 118 cm³/mol. The fourth-order valence-corrected chi connectivity index (χ4v) is 3.59. The molecule has 3 aromatic carbocycles. The number of carbonyl (C=O) groups excluding carboxylic acids is 2. The largest absolute Gasteiger partial charge is 0.496 e. The zero-order valence-electron chi connectivity index (χ0n) is 17.5. The van der Waals surface area contributed by atoms with Crippen molar-refractivity contribution in [2.75, 3.05) is 14.2 Å². The maximum Gasteiger partial charge on any atom is 0.255 e. The van der Waals surface area contributed by atoms with Crippen LogP contribution in [0, 0.1) is 0 Å². The van der Waals surface area contributed by atoms with Gasteiger partial charge >= 0.3 is 0 Å². The number of sulfonamides is 1. The first-order valence-corrected chi connectivity index (χ1v) is 11.0. The van der Waals surface area contributed by atoms with E-state index in [1.165, 1.54) is 38.5 Å². The van der Waals surface area contributed by atoms with E-state index < -0.39 is 15.9 Å². The van der Waals surface area contributed by atoms with Gasteiger partial charge in [0.05, 0.1) is 30.2 Å². The van der Waals surface area contributed by atoms with Crippen molar-refractivity contribution in [2.45, 2.75) is 11.4 Å². The lowest BCUT2D eigenvalue weighted by Crippen LogP contribution is -2.24. The lowest BCUT2D eigenvalue weighted by Gasteiger charge is -2.14. The molecule has 0 aliphatic carbocycles. The number of methoxy groups -OCH3 is 2. The average Bonchev–Trinajstić information content (AvgIpc) is 2.81. The minimum absolute atomic E-state index is 0.0161. The summed E-state index contributed by atoms with van der Waals surface area (Å²) in [5, 5.41) is 7.83. The first kappa shape index (κ1) is 23.0. The summed E-state index contributed by atoms with van der Waals surface area (Å²) >= 11 is 0. The second-order valence-corrected chi connectivity index (χ2v) is 8.38. The van der Waals surface area contributed by atoms with Gasteiger partial charge in [0.15, 0.2) is 5.78 Å². The highest BCUT2D eigenvalue weighted by Crippen LogP contribution is 2.30. The molecule has 0 radical (unpaired) electrons. The van der Waals surface area contributed by atoms with Gasteiger partial charge in [0.1, 0.15) is 11.5 Å². The van der Waals surface area contributed by atoms with Crippen molar-refractivity contribution in [3.8, 4) is 11.5 Å². The maximum absolute atomic E-state index is 12.9. The summed E-state index contributed by atoms with van der Waals surface area (Å²) in [7, 11) is -0.968. The number of benzene rings is 3. The normalized spacial score (nSPS) is 11.0. The highest BCUT2D eigenvalue weighted by atomic mass is 32.2. The van der Waals surface area contributed by atoms with Crippen molar-refractivity contribution >= 4 is 21.7 Å². The summed E-state index contributed by atoms with van der Waals surface area (Å²) in [5.74, 6) is -0.258. The molecule has 3 N–H and O–H groups in total. The Bertz CT molecular complexity index is 1240. The molecule has 0 aromatic heterocycles. The topological polar surface area (TPSA) is 125 Å². The van der Waals surface area contributed by atoms with Crippen LogP contribution in [0.25, 0.3) is 0 Å². The zero-order valence-corrected chi connectivity index (χ0v) is 18.3. The summed E-state index contributed by atoms with van der Waals surface area (Å²) in [5.41, 5.74) is 1.61. The molecule has 9 heteroatoms. The van der Waals surface area contributed by atoms with E-state index in [1.54, 1.807) is 36.4 Å². The Morgan fingerprint density at radius 3 is 2.00 bits per heavy atom. The molecule has 166 valence electrons. The monoisotopic (exact) mass is 454 g/mol. The fourth-order valence-electron chi connectivity index (χ4n) is 3.07. The molecule has 0 fully saturated rings. The van der Waals surface area contributed by atoms with Gasteiger partial charge in [0.25, 0.3) is 5.91 Å². The third-order valence-electron chi connectivity index (χ3n) is 4.75. The standard InChI is InChI=1S/C23H22N2O6S/c1-30-20-13-19(21(31-2)12-18(20)22(26)16-6-4-3-5-7-16)23(27)25-14-15-8-10-17(11-9-15)32(24,28)29/h3-13H,14H2,1-2H3,(H,25,27)(H2,24,28,29). The van der Waals surface area contributed by atoms with E-state index in [1.807, 2.05) is 6.07 Å². The van der Waals surface area contributed by atoms with E-state index in [0.717, 1.165) is 0 Å². The van der Waals surface area contributed by atoms with Crippen LogP contribution in [0.5, 0.6) is 11.5 Å². The SMILES string of the molecule is COc1cc(C(=O)c2ccccc2)c(OC)cc1C(=O)NCc1ccc(S(N)(=O)=O)cc1. The minimum atomic E-state index is -3.79. The average molecular weight is 455 g/mol. The summed E-state index contributed by atoms with van der Waals surface area (Å²) in [6.45, 7) is 0.139. The quantitative estimate of drug-likeness (QED) is 0.504. The molecule has 0 heterocycles. The van der Waals surface area contributed by atoms with Crippen molar-refractivity contribution in [3.63, 3.8) is 0 Å². The lowest BCUT2D eigenvalue weighted by molar-refractivity contribution is 0.0945. The second-order valence-electron chi connectivity index (χ2n) is 6.82. The van der Waals surface area contributed by atoms with Crippen LogP contribution in [0.15, 0.2) is 71.6 Å². The van der Waals surface area contributed by atoms with Crippen LogP contribution < -0.4 is 19.9 Å². The highest BCUT2D eigenvalue weighted by molar-refractivity contribution is 7.89. The van der Waals surface area contributed by atoms with Gasteiger partial charge in [-0.3, -0.25) is 9.59 Å². The summed E-state index contributed by atoms with van der Waals surface area (Å²) in [6.07, 6.45) is 0. The number of hydrogen-bond donors (Lipinski definition) is 2. The van der Waals surface area contributed by atoms with Gasteiger partial charge in [-0.05, 0) is 29.8 Å². The van der Waals surface area contributed by atoms with Gasteiger partial charge in [0.2, 0.25) is 10.0 Å². The number of amides is 1. The molecular weight excluding hydrogens is 432 g/mol. The first-order chi connectivity index (χ1) is 15.2. The van der Waals surface area contributed by atoms with Gasteiger partial charge in [0, 0.05) is 12.1 Å². The number of primary sulfonamides is 1. The number of carbonyl (C=O) groups is 2. The van der Waals surface area contributed by atoms with Crippen molar-refractivity contribution < 1.29 is 27.5 Å². The molecule has 3 rings (SSSR count). The van der Waals surface area contributed by atoms with Crippen molar-refractivity contribution in [1.29, 1.82) is 0 Å². The number of rotatable bonds is 8. The summed E-state index contributed by atoms with van der Waals surface area (Å²) in [6, 6.07) is 17.5. The van der Waals surface area contributed by atoms with Crippen LogP contribution in [0.3, 0.4) is 0 Å². The molecule has 32 heavy (non-hydrogen) atoms. The third-order valence-corrected chi connectivity index (χ3v) is 5.68. The molecule has 1 amide bonds. The van der Waals surface area contributed by atoms with E-state index in [4.69, 9.17) is 14.6 Å². The second kappa shape index (κ2) is 9.63. The van der Waals surface area contributed by atoms with Crippen LogP contribution in [0.2, 0.25) is 0 Å². The molecule has 0 saturated heterocycles. The van der Waals surface area contributed by atoms with E-state index in [-0.39, 0.29) is 39.8 Å². The Hall–Kier alpha value is -3.69. The summed E-state index contributed by atoms with van der Waals surface area (Å²) < 4.78 is 33.4. The van der Waals surface area contributed by atoms with Gasteiger partial charge in [-0.2, -0.15) is 0 Å².